The average Bonchev–Trinajstić information content (AvgIpc) is 3.31. The monoisotopic (exact) mass is 345 g/mol. The van der Waals surface area contributed by atoms with Gasteiger partial charge >= 0.3 is 0 Å². The quantitative estimate of drug-likeness (QED) is 0.913. The first kappa shape index (κ1) is 16.6. The van der Waals surface area contributed by atoms with Gasteiger partial charge in [-0.3, -0.25) is 9.59 Å². The molecule has 25 heavy (non-hydrogen) atoms. The Bertz CT molecular complexity index is 642. The lowest BCUT2D eigenvalue weighted by atomic mass is 9.87. The van der Waals surface area contributed by atoms with Gasteiger partial charge in [0.25, 0.3) is 5.91 Å². The zero-order valence-electron chi connectivity index (χ0n) is 14.8. The average molecular weight is 345 g/mol. The second kappa shape index (κ2) is 7.18. The number of fused-ring (bicyclic) bond motifs is 1. The van der Waals surface area contributed by atoms with E-state index in [4.69, 9.17) is 4.52 Å². The molecule has 1 aromatic rings. The Labute approximate surface area is 148 Å². The summed E-state index contributed by atoms with van der Waals surface area (Å²) in [5.41, 5.74) is 1.38. The highest BCUT2D eigenvalue weighted by molar-refractivity contribution is 5.94. The third-order valence-corrected chi connectivity index (χ3v) is 5.96. The van der Waals surface area contributed by atoms with Gasteiger partial charge in [-0.2, -0.15) is 0 Å². The number of nitrogens with zero attached hydrogens (tertiary/aromatic N) is 2. The van der Waals surface area contributed by atoms with Crippen LogP contribution in [0.2, 0.25) is 0 Å². The van der Waals surface area contributed by atoms with Gasteiger partial charge in [0.05, 0.1) is 0 Å². The molecular formula is C19H27N3O3. The minimum Gasteiger partial charge on any atom is -0.360 e. The summed E-state index contributed by atoms with van der Waals surface area (Å²) < 4.78 is 5.43. The lowest BCUT2D eigenvalue weighted by Crippen LogP contribution is -2.42. The third kappa shape index (κ3) is 3.44. The summed E-state index contributed by atoms with van der Waals surface area (Å²) in [5, 5.41) is 7.29. The predicted octanol–water partition coefficient (Wildman–Crippen LogP) is 2.46. The van der Waals surface area contributed by atoms with Crippen LogP contribution in [0.15, 0.2) is 4.52 Å². The Morgan fingerprint density at radius 1 is 1.04 bits per heavy atom. The Morgan fingerprint density at radius 3 is 2.56 bits per heavy atom. The largest absolute Gasteiger partial charge is 0.360 e. The van der Waals surface area contributed by atoms with Gasteiger partial charge < -0.3 is 14.7 Å². The Hall–Kier alpha value is -1.85. The number of amides is 2. The minimum absolute atomic E-state index is 0.0123. The molecule has 1 unspecified atom stereocenters. The molecule has 0 spiro atoms. The van der Waals surface area contributed by atoms with Gasteiger partial charge in [-0.25, -0.2) is 0 Å². The fourth-order valence-electron chi connectivity index (χ4n) is 4.45. The topological polar surface area (TPSA) is 75.4 Å². The number of hydrogen-bond donors (Lipinski definition) is 1. The number of nitrogens with one attached hydrogen (secondary N) is 1. The van der Waals surface area contributed by atoms with Crippen LogP contribution in [0.25, 0.3) is 0 Å². The van der Waals surface area contributed by atoms with Gasteiger partial charge in [-0.05, 0) is 38.5 Å². The van der Waals surface area contributed by atoms with Crippen molar-refractivity contribution in [3.63, 3.8) is 0 Å². The van der Waals surface area contributed by atoms with Crippen LogP contribution in [0.4, 0.5) is 0 Å². The number of aromatic nitrogens is 1. The van der Waals surface area contributed by atoms with Gasteiger partial charge in [0.2, 0.25) is 5.91 Å². The molecule has 4 rings (SSSR count). The van der Waals surface area contributed by atoms with Crippen molar-refractivity contribution >= 4 is 11.8 Å². The number of likely N-dealkylation sites (tertiary alicyclic amines) is 1. The van der Waals surface area contributed by atoms with Gasteiger partial charge in [0.1, 0.15) is 5.76 Å². The van der Waals surface area contributed by atoms with E-state index in [0.29, 0.717) is 12.1 Å². The van der Waals surface area contributed by atoms with E-state index < -0.39 is 0 Å². The van der Waals surface area contributed by atoms with E-state index in [2.05, 4.69) is 10.5 Å². The molecule has 3 aliphatic rings. The van der Waals surface area contributed by atoms with Crippen molar-refractivity contribution in [2.45, 2.75) is 70.3 Å². The molecule has 1 aliphatic heterocycles. The first-order valence-electron chi connectivity index (χ1n) is 9.79. The first-order chi connectivity index (χ1) is 12.2. The zero-order valence-corrected chi connectivity index (χ0v) is 14.8. The molecule has 1 aromatic heterocycles. The van der Waals surface area contributed by atoms with Gasteiger partial charge in [0, 0.05) is 37.0 Å². The molecule has 2 fully saturated rings. The summed E-state index contributed by atoms with van der Waals surface area (Å²) in [7, 11) is 0. The van der Waals surface area contributed by atoms with Gasteiger partial charge in [0.15, 0.2) is 5.69 Å². The molecule has 0 radical (unpaired) electrons. The van der Waals surface area contributed by atoms with Crippen molar-refractivity contribution in [2.75, 3.05) is 13.1 Å². The highest BCUT2D eigenvalue weighted by Crippen LogP contribution is 2.28. The second-order valence-corrected chi connectivity index (χ2v) is 7.72. The van der Waals surface area contributed by atoms with Crippen LogP contribution in [-0.2, 0) is 17.6 Å². The smallest absolute Gasteiger partial charge is 0.276 e. The van der Waals surface area contributed by atoms with Crippen LogP contribution in [0.3, 0.4) is 0 Å². The standard InChI is InChI=1S/C19H27N3O3/c23-18(13-6-2-1-3-7-13)20-14-8-9-16-15(12-14)17(21-25-16)19(24)22-10-4-5-11-22/h13-14H,1-12H2,(H,20,23). The molecule has 2 aliphatic carbocycles. The van der Waals surface area contributed by atoms with E-state index in [1.165, 1.54) is 6.42 Å². The third-order valence-electron chi connectivity index (χ3n) is 5.96. The Kier molecular flexibility index (Phi) is 4.77. The highest BCUT2D eigenvalue weighted by atomic mass is 16.5. The van der Waals surface area contributed by atoms with E-state index >= 15 is 0 Å². The van der Waals surface area contributed by atoms with E-state index in [0.717, 1.165) is 75.8 Å². The highest BCUT2D eigenvalue weighted by Gasteiger charge is 2.33. The number of carbonyl (C=O) groups excluding carboxylic acids is 2. The van der Waals surface area contributed by atoms with Gasteiger partial charge in [-0.1, -0.05) is 24.4 Å². The summed E-state index contributed by atoms with van der Waals surface area (Å²) in [6, 6.07) is 0.0893. The van der Waals surface area contributed by atoms with E-state index in [-0.39, 0.29) is 23.8 Å². The fraction of sp³-hybridized carbons (Fsp3) is 0.737. The normalized spacial score (nSPS) is 24.2. The van der Waals surface area contributed by atoms with Crippen molar-refractivity contribution < 1.29 is 14.1 Å². The second-order valence-electron chi connectivity index (χ2n) is 7.72. The summed E-state index contributed by atoms with van der Waals surface area (Å²) >= 11 is 0. The van der Waals surface area contributed by atoms with Crippen LogP contribution in [0.1, 0.15) is 73.2 Å². The Morgan fingerprint density at radius 2 is 1.80 bits per heavy atom. The molecule has 1 atom stereocenters. The summed E-state index contributed by atoms with van der Waals surface area (Å²) in [5.74, 6) is 1.17. The molecule has 6 nitrogen and oxygen atoms in total. The van der Waals surface area contributed by atoms with Crippen molar-refractivity contribution in [3.8, 4) is 0 Å². The molecule has 1 saturated carbocycles. The van der Waals surface area contributed by atoms with E-state index in [1.54, 1.807) is 0 Å². The maximum Gasteiger partial charge on any atom is 0.276 e. The van der Waals surface area contributed by atoms with Crippen molar-refractivity contribution in [2.24, 2.45) is 5.92 Å². The van der Waals surface area contributed by atoms with Gasteiger partial charge in [-0.15, -0.1) is 0 Å². The SMILES string of the molecule is O=C(NC1CCc2onc(C(=O)N3CCCC3)c2C1)C1CCCCC1. The number of carbonyl (C=O) groups is 2. The predicted molar refractivity (Wildman–Crippen MR) is 92.2 cm³/mol. The number of hydrogen-bond acceptors (Lipinski definition) is 4. The van der Waals surface area contributed by atoms with Crippen molar-refractivity contribution in [3.05, 3.63) is 17.0 Å². The van der Waals surface area contributed by atoms with Crippen molar-refractivity contribution in [1.29, 1.82) is 0 Å². The lowest BCUT2D eigenvalue weighted by molar-refractivity contribution is -0.126. The molecule has 1 N–H and O–H groups in total. The van der Waals surface area contributed by atoms with Crippen LogP contribution in [0, 0.1) is 5.92 Å². The van der Waals surface area contributed by atoms with Crippen LogP contribution in [0.5, 0.6) is 0 Å². The molecule has 0 aromatic carbocycles. The fourth-order valence-corrected chi connectivity index (χ4v) is 4.45. The molecule has 2 heterocycles. The maximum atomic E-state index is 12.7. The summed E-state index contributed by atoms with van der Waals surface area (Å²) in [6.45, 7) is 1.62. The van der Waals surface area contributed by atoms with E-state index in [9.17, 15) is 9.59 Å². The number of rotatable bonds is 3. The zero-order chi connectivity index (χ0) is 17.2. The molecule has 2 amide bonds. The molecule has 136 valence electrons. The van der Waals surface area contributed by atoms with Crippen LogP contribution in [-0.4, -0.2) is 41.0 Å². The molecular weight excluding hydrogens is 318 g/mol. The van der Waals surface area contributed by atoms with Crippen LogP contribution >= 0.6 is 0 Å². The first-order valence-corrected chi connectivity index (χ1v) is 9.79. The summed E-state index contributed by atoms with van der Waals surface area (Å²) in [6.07, 6.45) is 9.97. The van der Waals surface area contributed by atoms with Crippen LogP contribution < -0.4 is 5.32 Å². The summed E-state index contributed by atoms with van der Waals surface area (Å²) in [4.78, 5) is 27.1. The minimum atomic E-state index is -0.0123. The molecule has 6 heteroatoms. The lowest BCUT2D eigenvalue weighted by Gasteiger charge is -2.27. The Balaban J connectivity index is 1.42. The maximum absolute atomic E-state index is 12.7. The van der Waals surface area contributed by atoms with E-state index in [1.807, 2.05) is 4.90 Å². The molecule has 1 saturated heterocycles. The molecule has 0 bridgehead atoms. The van der Waals surface area contributed by atoms with Crippen molar-refractivity contribution in [1.82, 2.24) is 15.4 Å². The number of aryl methyl sites for hydroxylation is 1.